The lowest BCUT2D eigenvalue weighted by atomic mass is 9.79. The molecule has 0 aromatic heterocycles. The Morgan fingerprint density at radius 1 is 1.20 bits per heavy atom. The minimum atomic E-state index is 0.0635. The first-order chi connectivity index (χ1) is 9.51. The largest absolute Gasteiger partial charge is 0.306 e. The van der Waals surface area contributed by atoms with Crippen molar-refractivity contribution in [3.05, 3.63) is 0 Å². The van der Waals surface area contributed by atoms with Gasteiger partial charge < -0.3 is 9.80 Å². The predicted octanol–water partition coefficient (Wildman–Crippen LogP) is 1.06. The second-order valence-electron chi connectivity index (χ2n) is 6.53. The van der Waals surface area contributed by atoms with Crippen LogP contribution >= 0.6 is 0 Å². The number of hydrogen-bond acceptors (Lipinski definition) is 4. The van der Waals surface area contributed by atoms with Crippen molar-refractivity contribution in [3.63, 3.8) is 0 Å². The van der Waals surface area contributed by atoms with Crippen LogP contribution in [0.5, 0.6) is 0 Å². The van der Waals surface area contributed by atoms with Gasteiger partial charge >= 0.3 is 0 Å². The quantitative estimate of drug-likeness (QED) is 0.707. The van der Waals surface area contributed by atoms with Crippen LogP contribution in [-0.2, 0) is 9.63 Å². The van der Waals surface area contributed by atoms with Crippen LogP contribution in [0.25, 0.3) is 0 Å². The summed E-state index contributed by atoms with van der Waals surface area (Å²) in [5.74, 6) is 1.74. The van der Waals surface area contributed by atoms with E-state index in [-0.39, 0.29) is 5.91 Å². The molecule has 1 saturated heterocycles. The number of hydroxylamine groups is 2. The first-order valence-electron chi connectivity index (χ1n) is 7.70. The van der Waals surface area contributed by atoms with Crippen LogP contribution in [0, 0.1) is 11.8 Å². The molecule has 2 fully saturated rings. The number of fused-ring (bicyclic) bond motifs is 1. The zero-order valence-corrected chi connectivity index (χ0v) is 13.3. The Labute approximate surface area is 122 Å². The molecule has 2 rings (SSSR count). The Kier molecular flexibility index (Phi) is 5.41. The summed E-state index contributed by atoms with van der Waals surface area (Å²) in [6.45, 7) is 3.21. The fourth-order valence-corrected chi connectivity index (χ4v) is 3.67. The summed E-state index contributed by atoms with van der Waals surface area (Å²) in [7, 11) is 7.59. The number of rotatable bonds is 5. The Bertz CT molecular complexity index is 335. The molecular formula is C15H29N3O2. The minimum absolute atomic E-state index is 0.0635. The van der Waals surface area contributed by atoms with Gasteiger partial charge in [-0.1, -0.05) is 0 Å². The van der Waals surface area contributed by atoms with E-state index < -0.39 is 0 Å². The average molecular weight is 283 g/mol. The molecule has 1 saturated carbocycles. The van der Waals surface area contributed by atoms with Gasteiger partial charge in [0.15, 0.2) is 0 Å². The molecule has 0 aromatic carbocycles. The summed E-state index contributed by atoms with van der Waals surface area (Å²) < 4.78 is 0. The van der Waals surface area contributed by atoms with E-state index in [1.54, 1.807) is 7.05 Å². The van der Waals surface area contributed by atoms with E-state index in [1.807, 2.05) is 0 Å². The van der Waals surface area contributed by atoms with Crippen molar-refractivity contribution in [2.24, 2.45) is 11.8 Å². The molecule has 3 unspecified atom stereocenters. The lowest BCUT2D eigenvalue weighted by molar-refractivity contribution is -0.168. The van der Waals surface area contributed by atoms with Crippen LogP contribution in [0.3, 0.4) is 0 Å². The molecule has 1 heterocycles. The second-order valence-corrected chi connectivity index (χ2v) is 6.53. The van der Waals surface area contributed by atoms with E-state index in [0.29, 0.717) is 6.42 Å². The maximum atomic E-state index is 11.8. The molecular weight excluding hydrogens is 254 g/mol. The molecule has 3 atom stereocenters. The lowest BCUT2D eigenvalue weighted by Gasteiger charge is -2.34. The van der Waals surface area contributed by atoms with Gasteiger partial charge in [-0.2, -0.15) is 0 Å². The van der Waals surface area contributed by atoms with Crippen LogP contribution in [-0.4, -0.2) is 74.7 Å². The van der Waals surface area contributed by atoms with Gasteiger partial charge in [0.2, 0.25) is 5.91 Å². The summed E-state index contributed by atoms with van der Waals surface area (Å²) in [5.41, 5.74) is 0. The van der Waals surface area contributed by atoms with Crippen molar-refractivity contribution >= 4 is 5.91 Å². The van der Waals surface area contributed by atoms with Crippen molar-refractivity contribution in [2.45, 2.75) is 31.7 Å². The Morgan fingerprint density at radius 3 is 2.55 bits per heavy atom. The molecule has 1 aliphatic carbocycles. The number of nitrogens with zero attached hydrogens (tertiary/aromatic N) is 3. The Morgan fingerprint density at radius 2 is 1.90 bits per heavy atom. The monoisotopic (exact) mass is 283 g/mol. The molecule has 0 radical (unpaired) electrons. The highest BCUT2D eigenvalue weighted by atomic mass is 16.7. The van der Waals surface area contributed by atoms with Gasteiger partial charge in [-0.3, -0.25) is 9.63 Å². The summed E-state index contributed by atoms with van der Waals surface area (Å²) in [5, 5.41) is 1.32. The van der Waals surface area contributed by atoms with Gasteiger partial charge in [0.05, 0.1) is 7.11 Å². The highest BCUT2D eigenvalue weighted by Crippen LogP contribution is 2.37. The van der Waals surface area contributed by atoms with Crippen molar-refractivity contribution in [2.75, 3.05) is 47.9 Å². The molecule has 5 nitrogen and oxygen atoms in total. The normalized spacial score (nSPS) is 30.6. The molecule has 0 bridgehead atoms. The number of carbonyl (C=O) groups excluding carboxylic acids is 1. The lowest BCUT2D eigenvalue weighted by Crippen LogP contribution is -2.36. The molecule has 1 aliphatic heterocycles. The molecule has 1 amide bonds. The van der Waals surface area contributed by atoms with Gasteiger partial charge in [-0.25, -0.2) is 5.06 Å². The summed E-state index contributed by atoms with van der Waals surface area (Å²) in [4.78, 5) is 21.5. The van der Waals surface area contributed by atoms with Crippen LogP contribution in [0.1, 0.15) is 25.7 Å². The molecule has 20 heavy (non-hydrogen) atoms. The number of amides is 1. The molecule has 0 aromatic rings. The van der Waals surface area contributed by atoms with Crippen LogP contribution in [0.4, 0.5) is 0 Å². The molecule has 0 N–H and O–H groups in total. The first-order valence-corrected chi connectivity index (χ1v) is 7.70. The van der Waals surface area contributed by atoms with Gasteiger partial charge in [0, 0.05) is 39.1 Å². The predicted molar refractivity (Wildman–Crippen MR) is 79.1 cm³/mol. The minimum Gasteiger partial charge on any atom is -0.306 e. The zero-order valence-electron chi connectivity index (χ0n) is 13.3. The molecule has 0 spiro atoms. The fraction of sp³-hybridized carbons (Fsp3) is 0.933. The van der Waals surface area contributed by atoms with Crippen molar-refractivity contribution < 1.29 is 9.63 Å². The molecule has 5 heteroatoms. The average Bonchev–Trinajstić information content (AvgIpc) is 2.85. The third kappa shape index (κ3) is 3.71. The van der Waals surface area contributed by atoms with E-state index in [0.717, 1.165) is 24.4 Å². The van der Waals surface area contributed by atoms with Gasteiger partial charge in [0.25, 0.3) is 0 Å². The standard InChI is InChI=1S/C15H29N3O2/c1-16(2)14-6-5-12-10-18(11-13(12)9-14)8-7-15(19)17(3)20-4/h12-14H,5-11H2,1-4H3. The van der Waals surface area contributed by atoms with Crippen LogP contribution < -0.4 is 0 Å². The molecule has 116 valence electrons. The van der Waals surface area contributed by atoms with E-state index in [1.165, 1.54) is 44.5 Å². The van der Waals surface area contributed by atoms with E-state index in [9.17, 15) is 4.79 Å². The van der Waals surface area contributed by atoms with Crippen LogP contribution in [0.15, 0.2) is 0 Å². The van der Waals surface area contributed by atoms with E-state index in [2.05, 4.69) is 23.9 Å². The summed E-state index contributed by atoms with van der Waals surface area (Å²) >= 11 is 0. The van der Waals surface area contributed by atoms with Crippen LogP contribution in [0.2, 0.25) is 0 Å². The third-order valence-corrected chi connectivity index (χ3v) is 5.09. The highest BCUT2D eigenvalue weighted by molar-refractivity contribution is 5.74. The van der Waals surface area contributed by atoms with Gasteiger partial charge in [-0.15, -0.1) is 0 Å². The SMILES string of the molecule is CON(C)C(=O)CCN1CC2CCC(N(C)C)CC2C1. The maximum absolute atomic E-state index is 11.8. The fourth-order valence-electron chi connectivity index (χ4n) is 3.67. The van der Waals surface area contributed by atoms with Crippen molar-refractivity contribution in [1.82, 2.24) is 14.9 Å². The number of hydrogen-bond donors (Lipinski definition) is 0. The second kappa shape index (κ2) is 6.87. The number of likely N-dealkylation sites (tertiary alicyclic amines) is 1. The summed E-state index contributed by atoms with van der Waals surface area (Å²) in [6, 6.07) is 0.748. The smallest absolute Gasteiger partial charge is 0.247 e. The van der Waals surface area contributed by atoms with Gasteiger partial charge in [0.1, 0.15) is 0 Å². The van der Waals surface area contributed by atoms with Crippen molar-refractivity contribution in [3.8, 4) is 0 Å². The van der Waals surface area contributed by atoms with E-state index >= 15 is 0 Å². The van der Waals surface area contributed by atoms with Crippen molar-refractivity contribution in [1.29, 1.82) is 0 Å². The first kappa shape index (κ1) is 15.7. The highest BCUT2D eigenvalue weighted by Gasteiger charge is 2.38. The molecule has 2 aliphatic rings. The maximum Gasteiger partial charge on any atom is 0.247 e. The van der Waals surface area contributed by atoms with E-state index in [4.69, 9.17) is 4.84 Å². The number of carbonyl (C=O) groups is 1. The van der Waals surface area contributed by atoms with Gasteiger partial charge in [-0.05, 0) is 45.2 Å². The Hall–Kier alpha value is -0.650. The Balaban J connectivity index is 1.76. The topological polar surface area (TPSA) is 36.0 Å². The zero-order chi connectivity index (χ0) is 14.7. The summed E-state index contributed by atoms with van der Waals surface area (Å²) in [6.07, 6.45) is 4.55. The third-order valence-electron chi connectivity index (χ3n) is 5.09.